The van der Waals surface area contributed by atoms with Gasteiger partial charge in [0.1, 0.15) is 15.0 Å². The second kappa shape index (κ2) is 9.82. The third-order valence-electron chi connectivity index (χ3n) is 5.55. The van der Waals surface area contributed by atoms with Gasteiger partial charge in [-0.2, -0.15) is 8.42 Å². The van der Waals surface area contributed by atoms with E-state index >= 15 is 0 Å². The highest BCUT2D eigenvalue weighted by atomic mass is 32.2. The highest BCUT2D eigenvalue weighted by Gasteiger charge is 2.37. The molecule has 1 aliphatic carbocycles. The molecule has 174 valence electrons. The summed E-state index contributed by atoms with van der Waals surface area (Å²) in [5.74, 6) is -0.495. The van der Waals surface area contributed by atoms with Crippen LogP contribution in [0.1, 0.15) is 37.7 Å². The molecule has 1 aliphatic heterocycles. The van der Waals surface area contributed by atoms with Crippen LogP contribution in [-0.4, -0.2) is 36.7 Å². The smallest absolute Gasteiger partial charge is 0.339 e. The fraction of sp³-hybridized carbons (Fsp3) is 0.304. The number of hydrogen-bond donors (Lipinski definition) is 0. The molecule has 1 saturated heterocycles. The summed E-state index contributed by atoms with van der Waals surface area (Å²) in [5.41, 5.74) is 0.641. The zero-order valence-corrected chi connectivity index (χ0v) is 20.3. The third-order valence-corrected chi connectivity index (χ3v) is 8.13. The maximum atomic E-state index is 13.1. The first kappa shape index (κ1) is 23.7. The Hall–Kier alpha value is -2.43. The summed E-state index contributed by atoms with van der Waals surface area (Å²) in [5, 5.41) is 0. The van der Waals surface area contributed by atoms with E-state index in [4.69, 9.17) is 21.1 Å². The molecule has 1 amide bonds. The minimum absolute atomic E-state index is 0.0197. The fourth-order valence-corrected chi connectivity index (χ4v) is 6.24. The second-order valence-electron chi connectivity index (χ2n) is 7.75. The Morgan fingerprint density at radius 1 is 1.09 bits per heavy atom. The molecule has 2 aliphatic rings. The van der Waals surface area contributed by atoms with Gasteiger partial charge in [-0.1, -0.05) is 49.3 Å². The third kappa shape index (κ3) is 5.23. The number of halogens is 1. The van der Waals surface area contributed by atoms with E-state index in [0.717, 1.165) is 49.9 Å². The van der Waals surface area contributed by atoms with Crippen molar-refractivity contribution in [3.8, 4) is 11.5 Å². The minimum Gasteiger partial charge on any atom is -0.493 e. The van der Waals surface area contributed by atoms with Gasteiger partial charge in [0.2, 0.25) is 0 Å². The van der Waals surface area contributed by atoms with Crippen LogP contribution in [0.5, 0.6) is 11.5 Å². The molecule has 0 spiro atoms. The highest BCUT2D eigenvalue weighted by Crippen LogP contribution is 2.38. The minimum atomic E-state index is -4.18. The summed E-state index contributed by atoms with van der Waals surface area (Å²) in [6.07, 6.45) is 7.01. The maximum absolute atomic E-state index is 13.1. The first-order valence-electron chi connectivity index (χ1n) is 10.4. The first-order valence-corrected chi connectivity index (χ1v) is 13.1. The van der Waals surface area contributed by atoms with Crippen molar-refractivity contribution >= 4 is 50.4 Å². The van der Waals surface area contributed by atoms with Crippen LogP contribution in [0.25, 0.3) is 6.08 Å². The SMILES string of the molecule is COc1cc(/C=C2/SC(=S)N(C3CCCCC3)C2=O)ccc1OS(=O)(=O)c1ccc(F)cc1. The van der Waals surface area contributed by atoms with Crippen molar-refractivity contribution in [2.75, 3.05) is 7.11 Å². The van der Waals surface area contributed by atoms with Gasteiger partial charge in [-0.25, -0.2) is 4.39 Å². The molecule has 6 nitrogen and oxygen atoms in total. The standard InChI is InChI=1S/C23H22FNO5S3/c1-29-20-13-15(7-12-19(20)30-33(27,28)18-10-8-16(24)9-11-18)14-21-22(26)25(23(31)32-21)17-5-3-2-4-6-17/h7-14,17H,2-6H2,1H3/b21-14+. The van der Waals surface area contributed by atoms with Gasteiger partial charge in [-0.05, 0) is 60.9 Å². The van der Waals surface area contributed by atoms with Crippen LogP contribution < -0.4 is 8.92 Å². The van der Waals surface area contributed by atoms with E-state index in [-0.39, 0.29) is 28.3 Å². The molecule has 2 aromatic carbocycles. The predicted octanol–water partition coefficient (Wildman–Crippen LogP) is 5.14. The van der Waals surface area contributed by atoms with Crippen molar-refractivity contribution < 1.29 is 26.5 Å². The molecule has 0 unspecified atom stereocenters. The van der Waals surface area contributed by atoms with E-state index in [1.54, 1.807) is 23.1 Å². The van der Waals surface area contributed by atoms with Crippen molar-refractivity contribution in [1.82, 2.24) is 4.90 Å². The largest absolute Gasteiger partial charge is 0.493 e. The number of thioether (sulfide) groups is 1. The molecule has 0 N–H and O–H groups in total. The van der Waals surface area contributed by atoms with Gasteiger partial charge in [0.15, 0.2) is 11.5 Å². The molecule has 2 aromatic rings. The Bertz CT molecular complexity index is 1210. The number of ether oxygens (including phenoxy) is 1. The van der Waals surface area contributed by atoms with Crippen molar-refractivity contribution in [2.24, 2.45) is 0 Å². The molecular formula is C23H22FNO5S3. The van der Waals surface area contributed by atoms with Crippen LogP contribution in [0.3, 0.4) is 0 Å². The lowest BCUT2D eigenvalue weighted by Crippen LogP contribution is -2.39. The molecule has 1 saturated carbocycles. The van der Waals surface area contributed by atoms with Gasteiger partial charge < -0.3 is 8.92 Å². The van der Waals surface area contributed by atoms with Gasteiger partial charge in [-0.3, -0.25) is 9.69 Å². The summed E-state index contributed by atoms with van der Waals surface area (Å²) in [6, 6.07) is 9.15. The first-order chi connectivity index (χ1) is 15.8. The molecule has 4 rings (SSSR count). The van der Waals surface area contributed by atoms with Crippen LogP contribution in [0, 0.1) is 5.82 Å². The molecule has 0 radical (unpaired) electrons. The van der Waals surface area contributed by atoms with Gasteiger partial charge in [-0.15, -0.1) is 0 Å². The lowest BCUT2D eigenvalue weighted by atomic mass is 9.94. The van der Waals surface area contributed by atoms with E-state index in [1.807, 2.05) is 0 Å². The number of methoxy groups -OCH3 is 1. The van der Waals surface area contributed by atoms with Gasteiger partial charge in [0.05, 0.1) is 12.0 Å². The zero-order valence-electron chi connectivity index (χ0n) is 17.8. The van der Waals surface area contributed by atoms with Crippen molar-refractivity contribution in [3.05, 3.63) is 58.8 Å². The van der Waals surface area contributed by atoms with Gasteiger partial charge in [0.25, 0.3) is 5.91 Å². The van der Waals surface area contributed by atoms with Gasteiger partial charge >= 0.3 is 10.1 Å². The molecule has 1 heterocycles. The summed E-state index contributed by atoms with van der Waals surface area (Å²) >= 11 is 6.73. The molecule has 33 heavy (non-hydrogen) atoms. The highest BCUT2D eigenvalue weighted by molar-refractivity contribution is 8.26. The van der Waals surface area contributed by atoms with Crippen molar-refractivity contribution in [2.45, 2.75) is 43.0 Å². The Morgan fingerprint density at radius 2 is 1.79 bits per heavy atom. The number of rotatable bonds is 6. The molecular weight excluding hydrogens is 485 g/mol. The summed E-state index contributed by atoms with van der Waals surface area (Å²) in [6.45, 7) is 0. The Balaban J connectivity index is 1.55. The lowest BCUT2D eigenvalue weighted by Gasteiger charge is -2.29. The monoisotopic (exact) mass is 507 g/mol. The zero-order chi connectivity index (χ0) is 23.6. The van der Waals surface area contributed by atoms with Crippen molar-refractivity contribution in [3.63, 3.8) is 0 Å². The summed E-state index contributed by atoms with van der Waals surface area (Å²) < 4.78 is 49.3. The normalized spacial score (nSPS) is 18.7. The molecule has 0 atom stereocenters. The van der Waals surface area contributed by atoms with Crippen LogP contribution in [0.15, 0.2) is 52.3 Å². The van der Waals surface area contributed by atoms with Crippen LogP contribution in [0.4, 0.5) is 4.39 Å². The average molecular weight is 508 g/mol. The number of carbonyl (C=O) groups is 1. The van der Waals surface area contributed by atoms with E-state index in [0.29, 0.717) is 14.8 Å². The van der Waals surface area contributed by atoms with Crippen molar-refractivity contribution in [1.29, 1.82) is 0 Å². The van der Waals surface area contributed by atoms with Crippen LogP contribution in [0.2, 0.25) is 0 Å². The second-order valence-corrected chi connectivity index (χ2v) is 11.0. The fourth-order valence-electron chi connectivity index (χ4n) is 3.90. The number of hydrogen-bond acceptors (Lipinski definition) is 7. The molecule has 0 bridgehead atoms. The number of benzene rings is 2. The lowest BCUT2D eigenvalue weighted by molar-refractivity contribution is -0.124. The summed E-state index contributed by atoms with van der Waals surface area (Å²) in [7, 11) is -2.79. The Kier molecular flexibility index (Phi) is 7.06. The van der Waals surface area contributed by atoms with Crippen LogP contribution >= 0.6 is 24.0 Å². The van der Waals surface area contributed by atoms with E-state index in [2.05, 4.69) is 0 Å². The Labute approximate surface area is 201 Å². The topological polar surface area (TPSA) is 72.9 Å². The maximum Gasteiger partial charge on any atom is 0.339 e. The average Bonchev–Trinajstić information content (AvgIpc) is 3.08. The van der Waals surface area contributed by atoms with E-state index in [1.165, 1.54) is 31.4 Å². The van der Waals surface area contributed by atoms with Gasteiger partial charge in [0, 0.05) is 6.04 Å². The quantitative estimate of drug-likeness (QED) is 0.305. The predicted molar refractivity (Wildman–Crippen MR) is 129 cm³/mol. The Morgan fingerprint density at radius 3 is 2.45 bits per heavy atom. The van der Waals surface area contributed by atoms with Crippen LogP contribution in [-0.2, 0) is 14.9 Å². The molecule has 0 aromatic heterocycles. The number of nitrogens with zero attached hydrogens (tertiary/aromatic N) is 1. The summed E-state index contributed by atoms with van der Waals surface area (Å²) in [4.78, 5) is 15.1. The number of thiocarbonyl (C=S) groups is 1. The van der Waals surface area contributed by atoms with E-state index < -0.39 is 15.9 Å². The number of carbonyl (C=O) groups excluding carboxylic acids is 1. The molecule has 10 heteroatoms. The van der Waals surface area contributed by atoms with E-state index in [9.17, 15) is 17.6 Å². The molecule has 2 fully saturated rings. The number of amides is 1.